The molecule has 0 radical (unpaired) electrons. The second-order valence-electron chi connectivity index (χ2n) is 4.75. The predicted octanol–water partition coefficient (Wildman–Crippen LogP) is 2.22. The van der Waals surface area contributed by atoms with Gasteiger partial charge >= 0.3 is 6.01 Å². The Bertz CT molecular complexity index is 510. The molecule has 1 aliphatic heterocycles. The van der Waals surface area contributed by atoms with E-state index in [2.05, 4.69) is 22.6 Å². The van der Waals surface area contributed by atoms with Crippen molar-refractivity contribution in [2.45, 2.75) is 31.8 Å². The van der Waals surface area contributed by atoms with Crippen molar-refractivity contribution < 1.29 is 9.53 Å². The van der Waals surface area contributed by atoms with Gasteiger partial charge < -0.3 is 9.64 Å². The Morgan fingerprint density at radius 1 is 1.55 bits per heavy atom. The van der Waals surface area contributed by atoms with Crippen LogP contribution in [0, 0.1) is 0 Å². The fourth-order valence-corrected chi connectivity index (χ4v) is 2.41. The highest BCUT2D eigenvalue weighted by Gasteiger charge is 2.29. The zero-order chi connectivity index (χ0) is 14.5. The Morgan fingerprint density at radius 2 is 2.25 bits per heavy atom. The largest absolute Gasteiger partial charge is 0.467 e. The molecule has 1 amide bonds. The summed E-state index contributed by atoms with van der Waals surface area (Å²) in [7, 11) is 1.49. The molecule has 0 unspecified atom stereocenters. The number of carbonyl (C=O) groups is 1. The molecule has 0 aromatic carbocycles. The number of rotatable bonds is 4. The predicted molar refractivity (Wildman–Crippen MR) is 76.6 cm³/mol. The fraction of sp³-hybridized carbons (Fsp3) is 0.400. The van der Waals surface area contributed by atoms with Crippen LogP contribution in [0.1, 0.15) is 30.1 Å². The Hall–Kier alpha value is -2.17. The first kappa shape index (κ1) is 14.2. The van der Waals surface area contributed by atoms with Gasteiger partial charge in [-0.2, -0.15) is 0 Å². The molecule has 2 rings (SSSR count). The summed E-state index contributed by atoms with van der Waals surface area (Å²) in [5, 5.41) is 0. The monoisotopic (exact) mass is 273 g/mol. The lowest BCUT2D eigenvalue weighted by atomic mass is 9.99. The van der Waals surface area contributed by atoms with Crippen LogP contribution in [-0.4, -0.2) is 40.0 Å². The van der Waals surface area contributed by atoms with Gasteiger partial charge in [0.2, 0.25) is 0 Å². The standard InChI is InChI=1S/C15H19N3O2/c1-4-6-13-8-5-7-11(2)18(13)14(19)12-9-16-15(20-3)17-10-12/h4-5,7,9-11,13H,1,6,8H2,2-3H3/t11-,13-/m1/s1. The second kappa shape index (κ2) is 6.32. The van der Waals surface area contributed by atoms with E-state index in [1.165, 1.54) is 19.5 Å². The van der Waals surface area contributed by atoms with Crippen LogP contribution in [0.4, 0.5) is 0 Å². The van der Waals surface area contributed by atoms with Gasteiger partial charge in [0, 0.05) is 24.5 Å². The highest BCUT2D eigenvalue weighted by molar-refractivity contribution is 5.94. The summed E-state index contributed by atoms with van der Waals surface area (Å²) >= 11 is 0. The van der Waals surface area contributed by atoms with Gasteiger partial charge in [0.05, 0.1) is 12.7 Å². The zero-order valence-electron chi connectivity index (χ0n) is 11.8. The first-order chi connectivity index (χ1) is 9.67. The quantitative estimate of drug-likeness (QED) is 0.789. The number of methoxy groups -OCH3 is 1. The first-order valence-electron chi connectivity index (χ1n) is 6.63. The number of aromatic nitrogens is 2. The summed E-state index contributed by atoms with van der Waals surface area (Å²) in [5.74, 6) is -0.0589. The van der Waals surface area contributed by atoms with E-state index < -0.39 is 0 Å². The molecular weight excluding hydrogens is 254 g/mol. The summed E-state index contributed by atoms with van der Waals surface area (Å²) in [6.45, 7) is 5.77. The summed E-state index contributed by atoms with van der Waals surface area (Å²) in [5.41, 5.74) is 0.474. The summed E-state index contributed by atoms with van der Waals surface area (Å²) in [4.78, 5) is 22.5. The third kappa shape index (κ3) is 2.87. The zero-order valence-corrected chi connectivity index (χ0v) is 11.8. The maximum atomic E-state index is 12.6. The lowest BCUT2D eigenvalue weighted by molar-refractivity contribution is 0.0621. The molecule has 1 aromatic heterocycles. The van der Waals surface area contributed by atoms with Crippen molar-refractivity contribution in [2.24, 2.45) is 0 Å². The Balaban J connectivity index is 2.23. The number of hydrogen-bond donors (Lipinski definition) is 0. The molecular formula is C15H19N3O2. The molecule has 1 aromatic rings. The average Bonchev–Trinajstić information content (AvgIpc) is 2.47. The topological polar surface area (TPSA) is 55.3 Å². The van der Waals surface area contributed by atoms with E-state index in [9.17, 15) is 4.79 Å². The molecule has 106 valence electrons. The molecule has 2 atom stereocenters. The van der Waals surface area contributed by atoms with E-state index in [4.69, 9.17) is 4.74 Å². The molecule has 5 nitrogen and oxygen atoms in total. The van der Waals surface area contributed by atoms with Gasteiger partial charge in [-0.05, 0) is 19.8 Å². The molecule has 0 aliphatic carbocycles. The van der Waals surface area contributed by atoms with E-state index >= 15 is 0 Å². The first-order valence-corrected chi connectivity index (χ1v) is 6.63. The van der Waals surface area contributed by atoms with E-state index in [-0.39, 0.29) is 24.0 Å². The van der Waals surface area contributed by atoms with Gasteiger partial charge in [-0.15, -0.1) is 6.58 Å². The molecule has 1 aliphatic rings. The molecule has 0 saturated heterocycles. The van der Waals surface area contributed by atoms with Crippen LogP contribution in [0.3, 0.4) is 0 Å². The molecule has 0 N–H and O–H groups in total. The van der Waals surface area contributed by atoms with Crippen molar-refractivity contribution in [3.8, 4) is 6.01 Å². The van der Waals surface area contributed by atoms with Gasteiger partial charge in [0.15, 0.2) is 0 Å². The van der Waals surface area contributed by atoms with Gasteiger partial charge in [-0.1, -0.05) is 18.2 Å². The van der Waals surface area contributed by atoms with Crippen LogP contribution in [0.5, 0.6) is 6.01 Å². The van der Waals surface area contributed by atoms with Crippen molar-refractivity contribution in [1.82, 2.24) is 14.9 Å². The molecule has 0 bridgehead atoms. The van der Waals surface area contributed by atoms with Gasteiger partial charge in [0.1, 0.15) is 0 Å². The third-order valence-electron chi connectivity index (χ3n) is 3.39. The lowest BCUT2D eigenvalue weighted by Crippen LogP contribution is -2.46. The van der Waals surface area contributed by atoms with Crippen molar-refractivity contribution in [1.29, 1.82) is 0 Å². The Labute approximate surface area is 119 Å². The molecule has 0 spiro atoms. The normalized spacial score (nSPS) is 21.6. The van der Waals surface area contributed by atoms with Crippen LogP contribution in [-0.2, 0) is 0 Å². The molecule has 5 heteroatoms. The van der Waals surface area contributed by atoms with Crippen molar-refractivity contribution >= 4 is 5.91 Å². The van der Waals surface area contributed by atoms with Crippen molar-refractivity contribution in [3.63, 3.8) is 0 Å². The van der Waals surface area contributed by atoms with Crippen molar-refractivity contribution in [2.75, 3.05) is 7.11 Å². The van der Waals surface area contributed by atoms with Crippen molar-refractivity contribution in [3.05, 3.63) is 42.8 Å². The summed E-state index contributed by atoms with van der Waals surface area (Å²) in [6, 6.07) is 0.459. The highest BCUT2D eigenvalue weighted by atomic mass is 16.5. The minimum atomic E-state index is -0.0589. The molecule has 0 fully saturated rings. The smallest absolute Gasteiger partial charge is 0.316 e. The number of nitrogens with zero attached hydrogens (tertiary/aromatic N) is 3. The summed E-state index contributed by atoms with van der Waals surface area (Å²) in [6.07, 6.45) is 10.6. The lowest BCUT2D eigenvalue weighted by Gasteiger charge is -2.37. The number of ether oxygens (including phenoxy) is 1. The number of hydrogen-bond acceptors (Lipinski definition) is 4. The van der Waals surface area contributed by atoms with Gasteiger partial charge in [-0.3, -0.25) is 4.79 Å². The Kier molecular flexibility index (Phi) is 4.50. The van der Waals surface area contributed by atoms with Crippen LogP contribution in [0.2, 0.25) is 0 Å². The average molecular weight is 273 g/mol. The van der Waals surface area contributed by atoms with E-state index in [0.29, 0.717) is 5.56 Å². The SMILES string of the molecule is C=CC[C@@H]1CC=C[C@@H](C)N1C(=O)c1cnc(OC)nc1. The van der Waals surface area contributed by atoms with Gasteiger partial charge in [0.25, 0.3) is 5.91 Å². The summed E-state index contributed by atoms with van der Waals surface area (Å²) < 4.78 is 4.90. The maximum absolute atomic E-state index is 12.6. The van der Waals surface area contributed by atoms with Crippen LogP contribution in [0.15, 0.2) is 37.2 Å². The fourth-order valence-electron chi connectivity index (χ4n) is 2.41. The molecule has 2 heterocycles. The van der Waals surface area contributed by atoms with Gasteiger partial charge in [-0.25, -0.2) is 9.97 Å². The minimum absolute atomic E-state index is 0.0586. The molecule has 20 heavy (non-hydrogen) atoms. The maximum Gasteiger partial charge on any atom is 0.316 e. The number of carbonyl (C=O) groups excluding carboxylic acids is 1. The third-order valence-corrected chi connectivity index (χ3v) is 3.39. The van der Waals surface area contributed by atoms with E-state index in [0.717, 1.165) is 12.8 Å². The van der Waals surface area contributed by atoms with Crippen LogP contribution in [0.25, 0.3) is 0 Å². The second-order valence-corrected chi connectivity index (χ2v) is 4.75. The van der Waals surface area contributed by atoms with E-state index in [1.807, 2.05) is 24.0 Å². The number of amides is 1. The molecule has 0 saturated carbocycles. The van der Waals surface area contributed by atoms with Crippen LogP contribution >= 0.6 is 0 Å². The highest BCUT2D eigenvalue weighted by Crippen LogP contribution is 2.22. The minimum Gasteiger partial charge on any atom is -0.467 e. The van der Waals surface area contributed by atoms with Crippen LogP contribution < -0.4 is 4.74 Å². The van der Waals surface area contributed by atoms with E-state index in [1.54, 1.807) is 0 Å². The Morgan fingerprint density at radius 3 is 2.85 bits per heavy atom.